The lowest BCUT2D eigenvalue weighted by Crippen LogP contribution is -2.41. The highest BCUT2D eigenvalue weighted by molar-refractivity contribution is 5.69. The van der Waals surface area contributed by atoms with Crippen molar-refractivity contribution in [1.29, 1.82) is 0 Å². The summed E-state index contributed by atoms with van der Waals surface area (Å²) in [6.07, 6.45) is 13.7. The van der Waals surface area contributed by atoms with Gasteiger partial charge < -0.3 is 14.0 Å². The van der Waals surface area contributed by atoms with Crippen molar-refractivity contribution in [1.82, 2.24) is 0 Å². The average molecular weight is 497 g/mol. The van der Waals surface area contributed by atoms with Crippen LogP contribution in [-0.2, 0) is 22.5 Å². The Bertz CT molecular complexity index is 832. The molecule has 0 aliphatic carbocycles. The molecule has 1 atom stereocenters. The molecule has 200 valence electrons. The van der Waals surface area contributed by atoms with Crippen molar-refractivity contribution in [3.8, 4) is 5.75 Å². The fourth-order valence-electron chi connectivity index (χ4n) is 4.47. The van der Waals surface area contributed by atoms with Crippen molar-refractivity contribution >= 4 is 5.97 Å². The van der Waals surface area contributed by atoms with E-state index in [9.17, 15) is 4.79 Å². The first kappa shape index (κ1) is 29.9. The molecule has 0 heterocycles. The van der Waals surface area contributed by atoms with Crippen molar-refractivity contribution in [2.45, 2.75) is 104 Å². The number of rotatable bonds is 19. The van der Waals surface area contributed by atoms with Crippen LogP contribution in [0.15, 0.2) is 54.6 Å². The highest BCUT2D eigenvalue weighted by Crippen LogP contribution is 2.18. The second-order valence-corrected chi connectivity index (χ2v) is 10.7. The van der Waals surface area contributed by atoms with Crippen LogP contribution in [0.2, 0.25) is 0 Å². The smallest absolute Gasteiger partial charge is 0.314 e. The number of quaternary nitrogens is 1. The molecule has 0 aromatic heterocycles. The van der Waals surface area contributed by atoms with Gasteiger partial charge >= 0.3 is 5.97 Å². The van der Waals surface area contributed by atoms with E-state index in [1.807, 2.05) is 25.1 Å². The number of ether oxygens (including phenoxy) is 2. The number of carbonyl (C=O) groups is 1. The quantitative estimate of drug-likeness (QED) is 0.0853. The molecule has 0 N–H and O–H groups in total. The van der Waals surface area contributed by atoms with Crippen LogP contribution in [0, 0.1) is 0 Å². The van der Waals surface area contributed by atoms with Gasteiger partial charge in [0.05, 0.1) is 27.1 Å². The standard InChI is InChI=1S/C32H50NO3/c1-5-7-8-9-10-11-12-13-15-18-28-21-23-30(24-22-28)35-32(6-2)36-31(34)25-26-33(3,4)27-29-19-16-14-17-20-29/h14,16-17,19-24,32H,5-13,15,18,25-27H2,1-4H3/q+1. The summed E-state index contributed by atoms with van der Waals surface area (Å²) in [6, 6.07) is 18.7. The largest absolute Gasteiger partial charge is 0.455 e. The summed E-state index contributed by atoms with van der Waals surface area (Å²) in [6.45, 7) is 5.85. The van der Waals surface area contributed by atoms with E-state index in [0.29, 0.717) is 12.8 Å². The summed E-state index contributed by atoms with van der Waals surface area (Å²) in [5.74, 6) is 0.550. The maximum absolute atomic E-state index is 12.5. The molecule has 1 unspecified atom stereocenters. The predicted molar refractivity (Wildman–Crippen MR) is 150 cm³/mol. The Labute approximate surface area is 220 Å². The van der Waals surface area contributed by atoms with Crippen molar-refractivity contribution in [2.24, 2.45) is 0 Å². The van der Waals surface area contributed by atoms with Crippen molar-refractivity contribution in [3.05, 3.63) is 65.7 Å². The van der Waals surface area contributed by atoms with Crippen LogP contribution in [0.4, 0.5) is 0 Å². The highest BCUT2D eigenvalue weighted by atomic mass is 16.7. The molecule has 0 saturated heterocycles. The van der Waals surface area contributed by atoms with E-state index in [0.717, 1.165) is 29.7 Å². The molecule has 36 heavy (non-hydrogen) atoms. The minimum atomic E-state index is -0.551. The van der Waals surface area contributed by atoms with Gasteiger partial charge in [-0.3, -0.25) is 4.79 Å². The van der Waals surface area contributed by atoms with Crippen molar-refractivity contribution in [3.63, 3.8) is 0 Å². The fourth-order valence-corrected chi connectivity index (χ4v) is 4.47. The Morgan fingerprint density at radius 3 is 2.00 bits per heavy atom. The fraction of sp³-hybridized carbons (Fsp3) is 0.594. The van der Waals surface area contributed by atoms with E-state index < -0.39 is 6.29 Å². The number of hydrogen-bond donors (Lipinski definition) is 0. The Balaban J connectivity index is 1.65. The van der Waals surface area contributed by atoms with Crippen LogP contribution in [0.3, 0.4) is 0 Å². The number of nitrogens with zero attached hydrogens (tertiary/aromatic N) is 1. The van der Waals surface area contributed by atoms with Crippen molar-refractivity contribution < 1.29 is 18.8 Å². The topological polar surface area (TPSA) is 35.5 Å². The summed E-state index contributed by atoms with van der Waals surface area (Å²) in [4.78, 5) is 12.5. The zero-order valence-electron chi connectivity index (χ0n) is 23.3. The first-order valence-corrected chi connectivity index (χ1v) is 14.2. The zero-order valence-corrected chi connectivity index (χ0v) is 23.3. The van der Waals surface area contributed by atoms with E-state index in [1.165, 1.54) is 68.9 Å². The molecule has 0 saturated carbocycles. The normalized spacial score (nSPS) is 12.3. The maximum atomic E-state index is 12.5. The molecule has 4 nitrogen and oxygen atoms in total. The van der Waals surface area contributed by atoms with E-state index in [4.69, 9.17) is 9.47 Å². The number of esters is 1. The molecular weight excluding hydrogens is 446 g/mol. The Morgan fingerprint density at radius 2 is 1.39 bits per heavy atom. The Hall–Kier alpha value is -2.33. The zero-order chi connectivity index (χ0) is 26.1. The minimum absolute atomic E-state index is 0.205. The van der Waals surface area contributed by atoms with Gasteiger partial charge in [0.1, 0.15) is 12.3 Å². The predicted octanol–water partition coefficient (Wildman–Crippen LogP) is 8.08. The number of unbranched alkanes of at least 4 members (excludes halogenated alkanes) is 8. The van der Waals surface area contributed by atoms with E-state index in [1.54, 1.807) is 0 Å². The van der Waals surface area contributed by atoms with Crippen LogP contribution in [0.5, 0.6) is 5.75 Å². The Morgan fingerprint density at radius 1 is 0.778 bits per heavy atom. The third-order valence-electron chi connectivity index (χ3n) is 6.73. The summed E-state index contributed by atoms with van der Waals surface area (Å²) in [5.41, 5.74) is 2.61. The first-order chi connectivity index (χ1) is 17.4. The second-order valence-electron chi connectivity index (χ2n) is 10.7. The summed E-state index contributed by atoms with van der Waals surface area (Å²) in [5, 5.41) is 0. The molecule has 0 radical (unpaired) electrons. The SMILES string of the molecule is CCCCCCCCCCCc1ccc(OC(CC)OC(=O)CC[N+](C)(C)Cc2ccccc2)cc1. The van der Waals surface area contributed by atoms with Gasteiger partial charge in [-0.1, -0.05) is 108 Å². The van der Waals surface area contributed by atoms with E-state index >= 15 is 0 Å². The third kappa shape index (κ3) is 13.1. The molecule has 0 fully saturated rings. The molecule has 0 aliphatic rings. The molecule has 0 amide bonds. The van der Waals surface area contributed by atoms with Crippen molar-refractivity contribution in [2.75, 3.05) is 20.6 Å². The monoisotopic (exact) mass is 496 g/mol. The average Bonchev–Trinajstić information content (AvgIpc) is 2.87. The molecule has 0 bridgehead atoms. The van der Waals surface area contributed by atoms with Crippen LogP contribution >= 0.6 is 0 Å². The van der Waals surface area contributed by atoms with Gasteiger partial charge in [0.15, 0.2) is 0 Å². The van der Waals surface area contributed by atoms with Gasteiger partial charge in [0.2, 0.25) is 6.29 Å². The number of hydrogen-bond acceptors (Lipinski definition) is 3. The molecule has 2 aromatic carbocycles. The number of carbonyl (C=O) groups excluding carboxylic acids is 1. The van der Waals surface area contributed by atoms with Crippen LogP contribution in [-0.4, -0.2) is 37.4 Å². The van der Waals surface area contributed by atoms with Gasteiger partial charge in [0, 0.05) is 12.0 Å². The lowest BCUT2D eigenvalue weighted by Gasteiger charge is -2.29. The van der Waals surface area contributed by atoms with E-state index in [-0.39, 0.29) is 5.97 Å². The lowest BCUT2D eigenvalue weighted by molar-refractivity contribution is -0.903. The van der Waals surface area contributed by atoms with Gasteiger partial charge in [-0.15, -0.1) is 0 Å². The summed E-state index contributed by atoms with van der Waals surface area (Å²) in [7, 11) is 4.29. The summed E-state index contributed by atoms with van der Waals surface area (Å²) < 4.78 is 12.3. The molecule has 0 aliphatic heterocycles. The second kappa shape index (κ2) is 17.2. The number of aryl methyl sites for hydroxylation is 1. The molecule has 0 spiro atoms. The van der Waals surface area contributed by atoms with Crippen LogP contribution < -0.4 is 4.74 Å². The molecular formula is C32H50NO3+. The lowest BCUT2D eigenvalue weighted by atomic mass is 10.0. The summed E-state index contributed by atoms with van der Waals surface area (Å²) >= 11 is 0. The maximum Gasteiger partial charge on any atom is 0.314 e. The Kier molecular flexibility index (Phi) is 14.3. The highest BCUT2D eigenvalue weighted by Gasteiger charge is 2.21. The van der Waals surface area contributed by atoms with Gasteiger partial charge in [-0.2, -0.15) is 0 Å². The molecule has 2 rings (SSSR count). The van der Waals surface area contributed by atoms with E-state index in [2.05, 4.69) is 57.4 Å². The van der Waals surface area contributed by atoms with Gasteiger partial charge in [0.25, 0.3) is 0 Å². The molecule has 4 heteroatoms. The van der Waals surface area contributed by atoms with Crippen LogP contribution in [0.25, 0.3) is 0 Å². The third-order valence-corrected chi connectivity index (χ3v) is 6.73. The van der Waals surface area contributed by atoms with Gasteiger partial charge in [-0.25, -0.2) is 0 Å². The molecule has 2 aromatic rings. The minimum Gasteiger partial charge on any atom is -0.455 e. The number of benzene rings is 2. The first-order valence-electron chi connectivity index (χ1n) is 14.2. The van der Waals surface area contributed by atoms with Crippen LogP contribution in [0.1, 0.15) is 95.6 Å². The van der Waals surface area contributed by atoms with Gasteiger partial charge in [-0.05, 0) is 30.5 Å².